The average Bonchev–Trinajstić information content (AvgIpc) is 2.89. The molecule has 0 aliphatic carbocycles. The van der Waals surface area contributed by atoms with E-state index in [0.29, 0.717) is 11.3 Å². The summed E-state index contributed by atoms with van der Waals surface area (Å²) in [5.41, 5.74) is 0.856. The van der Waals surface area contributed by atoms with Gasteiger partial charge in [-0.2, -0.15) is 5.10 Å². The highest BCUT2D eigenvalue weighted by Crippen LogP contribution is 2.22. The fourth-order valence-corrected chi connectivity index (χ4v) is 1.57. The molecule has 0 unspecified atom stereocenters. The van der Waals surface area contributed by atoms with Gasteiger partial charge in [0.2, 0.25) is 0 Å². The fourth-order valence-electron chi connectivity index (χ4n) is 1.57. The molecule has 1 aromatic heterocycles. The molecule has 1 heterocycles. The van der Waals surface area contributed by atoms with Crippen LogP contribution in [0.15, 0.2) is 42.7 Å². The van der Waals surface area contributed by atoms with Gasteiger partial charge in [-0.3, -0.25) is 10.1 Å². The maximum Gasteiger partial charge on any atom is 0.328 e. The van der Waals surface area contributed by atoms with Gasteiger partial charge < -0.3 is 5.11 Å². The van der Waals surface area contributed by atoms with Crippen LogP contribution in [0.25, 0.3) is 11.8 Å². The van der Waals surface area contributed by atoms with Gasteiger partial charge in [0.05, 0.1) is 10.6 Å². The van der Waals surface area contributed by atoms with Gasteiger partial charge >= 0.3 is 5.97 Å². The number of non-ortho nitro benzene ring substituents is 1. The van der Waals surface area contributed by atoms with Crippen molar-refractivity contribution in [3.8, 4) is 5.69 Å². The zero-order valence-electron chi connectivity index (χ0n) is 9.63. The summed E-state index contributed by atoms with van der Waals surface area (Å²) < 4.78 is 1.51. The monoisotopic (exact) mass is 259 g/mol. The summed E-state index contributed by atoms with van der Waals surface area (Å²) in [5.74, 6) is -1.13. The minimum Gasteiger partial charge on any atom is -0.478 e. The SMILES string of the molecule is O=C(O)/C=C/c1cc([N+](=O)[O-])ccc1-n1cccn1. The standard InChI is InChI=1S/C12H9N3O4/c16-12(17)5-2-9-8-10(15(18)19)3-4-11(9)14-7-1-6-13-14/h1-8H,(H,16,17)/b5-2+. The second-order valence-electron chi connectivity index (χ2n) is 3.62. The molecule has 0 saturated heterocycles. The van der Waals surface area contributed by atoms with Crippen LogP contribution in [-0.4, -0.2) is 25.8 Å². The molecule has 0 aliphatic heterocycles. The Morgan fingerprint density at radius 2 is 2.26 bits per heavy atom. The lowest BCUT2D eigenvalue weighted by atomic mass is 10.1. The number of carboxylic acid groups (broad SMARTS) is 1. The number of benzene rings is 1. The Morgan fingerprint density at radius 3 is 2.84 bits per heavy atom. The number of rotatable bonds is 4. The largest absolute Gasteiger partial charge is 0.478 e. The van der Waals surface area contributed by atoms with E-state index in [0.717, 1.165) is 6.08 Å². The van der Waals surface area contributed by atoms with Crippen LogP contribution in [0, 0.1) is 10.1 Å². The predicted molar refractivity (Wildman–Crippen MR) is 66.9 cm³/mol. The van der Waals surface area contributed by atoms with E-state index >= 15 is 0 Å². The number of aromatic nitrogens is 2. The highest BCUT2D eigenvalue weighted by atomic mass is 16.6. The molecule has 0 bridgehead atoms. The molecule has 0 radical (unpaired) electrons. The van der Waals surface area contributed by atoms with Crippen LogP contribution in [0.1, 0.15) is 5.56 Å². The van der Waals surface area contributed by atoms with Crippen LogP contribution in [-0.2, 0) is 4.79 Å². The Hall–Kier alpha value is -2.96. The molecule has 0 atom stereocenters. The molecule has 1 aromatic carbocycles. The predicted octanol–water partition coefficient (Wildman–Crippen LogP) is 1.88. The summed E-state index contributed by atoms with van der Waals surface area (Å²) in [6.45, 7) is 0. The van der Waals surface area contributed by atoms with Gasteiger partial charge in [0.25, 0.3) is 5.69 Å². The van der Waals surface area contributed by atoms with Gasteiger partial charge in [-0.1, -0.05) is 0 Å². The first kappa shape index (κ1) is 12.5. The van der Waals surface area contributed by atoms with Gasteiger partial charge in [-0.25, -0.2) is 9.48 Å². The fraction of sp³-hybridized carbons (Fsp3) is 0. The smallest absolute Gasteiger partial charge is 0.328 e. The summed E-state index contributed by atoms with van der Waals surface area (Å²) in [5, 5.41) is 23.4. The van der Waals surface area contributed by atoms with Gasteiger partial charge in [0.15, 0.2) is 0 Å². The summed E-state index contributed by atoms with van der Waals surface area (Å²) in [4.78, 5) is 20.7. The number of aliphatic carboxylic acids is 1. The maximum atomic E-state index is 10.7. The number of nitro groups is 1. The van der Waals surface area contributed by atoms with Crippen molar-refractivity contribution >= 4 is 17.7 Å². The number of nitrogens with zero attached hydrogens (tertiary/aromatic N) is 3. The first-order valence-corrected chi connectivity index (χ1v) is 5.27. The molecule has 2 rings (SSSR count). The normalized spacial score (nSPS) is 10.7. The summed E-state index contributed by atoms with van der Waals surface area (Å²) in [7, 11) is 0. The number of carboxylic acids is 1. The molecule has 96 valence electrons. The second-order valence-corrected chi connectivity index (χ2v) is 3.62. The van der Waals surface area contributed by atoms with E-state index in [-0.39, 0.29) is 5.69 Å². The molecule has 0 spiro atoms. The van der Waals surface area contributed by atoms with E-state index < -0.39 is 10.9 Å². The average molecular weight is 259 g/mol. The van der Waals surface area contributed by atoms with E-state index in [9.17, 15) is 14.9 Å². The third kappa shape index (κ3) is 2.83. The van der Waals surface area contributed by atoms with Crippen molar-refractivity contribution in [2.24, 2.45) is 0 Å². The van der Waals surface area contributed by atoms with Crippen molar-refractivity contribution in [3.05, 3.63) is 58.4 Å². The van der Waals surface area contributed by atoms with E-state index in [1.807, 2.05) is 0 Å². The molecule has 7 heteroatoms. The topological polar surface area (TPSA) is 98.3 Å². The molecule has 0 aliphatic rings. The van der Waals surface area contributed by atoms with Gasteiger partial charge in [0, 0.05) is 36.2 Å². The minimum atomic E-state index is -1.13. The number of hydrogen-bond donors (Lipinski definition) is 1. The van der Waals surface area contributed by atoms with Crippen molar-refractivity contribution in [1.29, 1.82) is 0 Å². The van der Waals surface area contributed by atoms with E-state index in [1.165, 1.54) is 29.0 Å². The van der Waals surface area contributed by atoms with Crippen molar-refractivity contribution in [2.75, 3.05) is 0 Å². The Balaban J connectivity index is 2.53. The van der Waals surface area contributed by atoms with Crippen LogP contribution in [0.3, 0.4) is 0 Å². The number of nitro benzene ring substituents is 1. The summed E-state index contributed by atoms with van der Waals surface area (Å²) in [6, 6.07) is 5.87. The lowest BCUT2D eigenvalue weighted by Gasteiger charge is -2.05. The van der Waals surface area contributed by atoms with E-state index in [4.69, 9.17) is 5.11 Å². The van der Waals surface area contributed by atoms with E-state index in [1.54, 1.807) is 18.5 Å². The van der Waals surface area contributed by atoms with Crippen molar-refractivity contribution < 1.29 is 14.8 Å². The van der Waals surface area contributed by atoms with Crippen molar-refractivity contribution in [1.82, 2.24) is 9.78 Å². The first-order chi connectivity index (χ1) is 9.08. The molecule has 0 amide bonds. The zero-order chi connectivity index (χ0) is 13.8. The number of carbonyl (C=O) groups is 1. The molecule has 0 saturated carbocycles. The quantitative estimate of drug-likeness (QED) is 0.513. The van der Waals surface area contributed by atoms with Crippen LogP contribution >= 0.6 is 0 Å². The molecule has 19 heavy (non-hydrogen) atoms. The highest BCUT2D eigenvalue weighted by molar-refractivity contribution is 5.86. The Bertz CT molecular complexity index is 647. The third-order valence-corrected chi connectivity index (χ3v) is 2.38. The van der Waals surface area contributed by atoms with Crippen LogP contribution in [0.4, 0.5) is 5.69 Å². The van der Waals surface area contributed by atoms with Crippen LogP contribution in [0.2, 0.25) is 0 Å². The second kappa shape index (κ2) is 5.13. The zero-order valence-corrected chi connectivity index (χ0v) is 9.63. The van der Waals surface area contributed by atoms with Gasteiger partial charge in [-0.15, -0.1) is 0 Å². The summed E-state index contributed by atoms with van der Waals surface area (Å²) >= 11 is 0. The van der Waals surface area contributed by atoms with Gasteiger partial charge in [0.1, 0.15) is 0 Å². The number of hydrogen-bond acceptors (Lipinski definition) is 4. The Kier molecular flexibility index (Phi) is 3.37. The molecule has 0 fully saturated rings. The lowest BCUT2D eigenvalue weighted by Crippen LogP contribution is -1.99. The Morgan fingerprint density at radius 1 is 1.47 bits per heavy atom. The molecule has 7 nitrogen and oxygen atoms in total. The van der Waals surface area contributed by atoms with E-state index in [2.05, 4.69) is 5.10 Å². The maximum absolute atomic E-state index is 10.7. The Labute approximate surface area is 107 Å². The minimum absolute atomic E-state index is 0.110. The first-order valence-electron chi connectivity index (χ1n) is 5.27. The van der Waals surface area contributed by atoms with Crippen LogP contribution in [0.5, 0.6) is 0 Å². The summed E-state index contributed by atoms with van der Waals surface area (Å²) in [6.07, 6.45) is 5.45. The highest BCUT2D eigenvalue weighted by Gasteiger charge is 2.10. The molecular weight excluding hydrogens is 250 g/mol. The van der Waals surface area contributed by atoms with Crippen molar-refractivity contribution in [3.63, 3.8) is 0 Å². The lowest BCUT2D eigenvalue weighted by molar-refractivity contribution is -0.384. The third-order valence-electron chi connectivity index (χ3n) is 2.38. The molecule has 2 aromatic rings. The van der Waals surface area contributed by atoms with Crippen molar-refractivity contribution in [2.45, 2.75) is 0 Å². The van der Waals surface area contributed by atoms with Crippen LogP contribution < -0.4 is 0 Å². The van der Waals surface area contributed by atoms with Gasteiger partial charge in [-0.05, 0) is 18.2 Å². The molecule has 1 N–H and O–H groups in total. The molecular formula is C12H9N3O4.